The van der Waals surface area contributed by atoms with Gasteiger partial charge in [-0.05, 0) is 48.7 Å². The minimum atomic E-state index is -0.773. The van der Waals surface area contributed by atoms with Crippen LogP contribution in [0.3, 0.4) is 0 Å². The molecule has 1 unspecified atom stereocenters. The lowest BCUT2D eigenvalue weighted by Crippen LogP contribution is -2.51. The normalized spacial score (nSPS) is 11.5. The van der Waals surface area contributed by atoms with Crippen molar-refractivity contribution in [1.82, 2.24) is 10.2 Å². The Balaban J connectivity index is 1.94. The van der Waals surface area contributed by atoms with Gasteiger partial charge in [0.15, 0.2) is 6.61 Å². The highest BCUT2D eigenvalue weighted by Gasteiger charge is 2.31. The van der Waals surface area contributed by atoms with E-state index in [1.54, 1.807) is 24.3 Å². The van der Waals surface area contributed by atoms with Crippen molar-refractivity contribution in [2.75, 3.05) is 13.2 Å². The summed E-state index contributed by atoms with van der Waals surface area (Å²) < 4.78 is 5.80. The van der Waals surface area contributed by atoms with Gasteiger partial charge in [-0.1, -0.05) is 78.7 Å². The Kier molecular flexibility index (Phi) is 10.0. The predicted molar refractivity (Wildman–Crippen MR) is 141 cm³/mol. The van der Waals surface area contributed by atoms with Crippen LogP contribution >= 0.6 is 23.2 Å². The van der Waals surface area contributed by atoms with E-state index in [1.165, 1.54) is 4.90 Å². The summed E-state index contributed by atoms with van der Waals surface area (Å²) in [6, 6.07) is 21.5. The van der Waals surface area contributed by atoms with E-state index >= 15 is 0 Å². The highest BCUT2D eigenvalue weighted by atomic mass is 35.5. The maximum Gasteiger partial charge on any atom is 0.261 e. The van der Waals surface area contributed by atoms with Gasteiger partial charge in [0.1, 0.15) is 11.8 Å². The van der Waals surface area contributed by atoms with Crippen molar-refractivity contribution in [1.29, 1.82) is 0 Å². The molecule has 0 fully saturated rings. The van der Waals surface area contributed by atoms with Gasteiger partial charge in [-0.2, -0.15) is 0 Å². The van der Waals surface area contributed by atoms with Crippen LogP contribution in [-0.2, 0) is 22.6 Å². The topological polar surface area (TPSA) is 58.6 Å². The number of ether oxygens (including phenoxy) is 1. The van der Waals surface area contributed by atoms with Crippen LogP contribution in [0.1, 0.15) is 30.0 Å². The molecule has 0 aromatic heterocycles. The van der Waals surface area contributed by atoms with Gasteiger partial charge < -0.3 is 15.0 Å². The van der Waals surface area contributed by atoms with Crippen molar-refractivity contribution in [3.63, 3.8) is 0 Å². The van der Waals surface area contributed by atoms with E-state index in [0.29, 0.717) is 34.3 Å². The number of hydrogen-bond acceptors (Lipinski definition) is 3. The van der Waals surface area contributed by atoms with Crippen LogP contribution in [0.2, 0.25) is 10.0 Å². The van der Waals surface area contributed by atoms with Crippen LogP contribution in [0.5, 0.6) is 5.75 Å². The van der Waals surface area contributed by atoms with Crippen LogP contribution < -0.4 is 10.1 Å². The first-order valence-electron chi connectivity index (χ1n) is 11.6. The van der Waals surface area contributed by atoms with Crippen molar-refractivity contribution in [3.05, 3.63) is 99.5 Å². The van der Waals surface area contributed by atoms with Gasteiger partial charge in [-0.25, -0.2) is 0 Å². The zero-order valence-corrected chi connectivity index (χ0v) is 21.5. The standard InChI is InChI=1S/C28H30Cl2N2O3/c1-3-15-31-28(34)26(17-21-10-5-4-6-11-21)32(18-23-24(29)13-8-14-25(23)30)27(33)19-35-22-12-7-9-20(2)16-22/h4-14,16,26H,3,15,17-19H2,1-2H3,(H,31,34). The Morgan fingerprint density at radius 1 is 0.971 bits per heavy atom. The molecule has 3 aromatic carbocycles. The highest BCUT2D eigenvalue weighted by molar-refractivity contribution is 6.36. The summed E-state index contributed by atoms with van der Waals surface area (Å²) in [7, 11) is 0. The number of nitrogens with zero attached hydrogens (tertiary/aromatic N) is 1. The summed E-state index contributed by atoms with van der Waals surface area (Å²) in [6.45, 7) is 4.30. The molecule has 1 N–H and O–H groups in total. The number of aryl methyl sites for hydroxylation is 1. The Bertz CT molecular complexity index is 1120. The fraction of sp³-hybridized carbons (Fsp3) is 0.286. The molecular weight excluding hydrogens is 483 g/mol. The second-order valence-corrected chi connectivity index (χ2v) is 9.14. The van der Waals surface area contributed by atoms with E-state index in [9.17, 15) is 9.59 Å². The molecule has 7 heteroatoms. The Hall–Kier alpha value is -3.02. The molecule has 0 bridgehead atoms. The fourth-order valence-electron chi connectivity index (χ4n) is 3.71. The Morgan fingerprint density at radius 2 is 1.66 bits per heavy atom. The molecule has 1 atom stereocenters. The summed E-state index contributed by atoms with van der Waals surface area (Å²) in [5, 5.41) is 3.81. The third kappa shape index (κ3) is 7.74. The largest absolute Gasteiger partial charge is 0.484 e. The molecule has 0 aliphatic heterocycles. The van der Waals surface area contributed by atoms with E-state index in [2.05, 4.69) is 5.32 Å². The molecule has 35 heavy (non-hydrogen) atoms. The SMILES string of the molecule is CCCNC(=O)C(Cc1ccccc1)N(Cc1c(Cl)cccc1Cl)C(=O)COc1cccc(C)c1. The molecule has 0 spiro atoms. The summed E-state index contributed by atoms with van der Waals surface area (Å²) in [5.41, 5.74) is 2.54. The van der Waals surface area contributed by atoms with Crippen LogP contribution in [0.15, 0.2) is 72.8 Å². The van der Waals surface area contributed by atoms with Crippen LogP contribution in [0, 0.1) is 6.92 Å². The van der Waals surface area contributed by atoms with Crippen molar-refractivity contribution in [3.8, 4) is 5.75 Å². The van der Waals surface area contributed by atoms with Crippen LogP contribution in [0.4, 0.5) is 0 Å². The molecule has 0 heterocycles. The average molecular weight is 513 g/mol. The summed E-state index contributed by atoms with van der Waals surface area (Å²) >= 11 is 12.9. The molecular formula is C28H30Cl2N2O3. The van der Waals surface area contributed by atoms with Crippen molar-refractivity contribution in [2.45, 2.75) is 39.3 Å². The summed E-state index contributed by atoms with van der Waals surface area (Å²) in [4.78, 5) is 28.4. The van der Waals surface area contributed by atoms with Gasteiger partial charge in [0.05, 0.1) is 0 Å². The quantitative estimate of drug-likeness (QED) is 0.350. The van der Waals surface area contributed by atoms with Crippen molar-refractivity contribution >= 4 is 35.0 Å². The van der Waals surface area contributed by atoms with Gasteiger partial charge in [0, 0.05) is 35.1 Å². The van der Waals surface area contributed by atoms with Crippen molar-refractivity contribution in [2.24, 2.45) is 0 Å². The highest BCUT2D eigenvalue weighted by Crippen LogP contribution is 2.27. The molecule has 0 saturated heterocycles. The van der Waals surface area contributed by atoms with E-state index in [4.69, 9.17) is 27.9 Å². The third-order valence-electron chi connectivity index (χ3n) is 5.56. The van der Waals surface area contributed by atoms with Gasteiger partial charge in [0.25, 0.3) is 5.91 Å². The first-order valence-corrected chi connectivity index (χ1v) is 12.4. The number of amides is 2. The minimum absolute atomic E-state index is 0.0750. The van der Waals surface area contributed by atoms with Crippen molar-refractivity contribution < 1.29 is 14.3 Å². The average Bonchev–Trinajstić information content (AvgIpc) is 2.85. The molecule has 3 rings (SSSR count). The third-order valence-corrected chi connectivity index (χ3v) is 6.27. The first-order chi connectivity index (χ1) is 16.9. The monoisotopic (exact) mass is 512 g/mol. The molecule has 184 valence electrons. The van der Waals surface area contributed by atoms with Crippen LogP contribution in [0.25, 0.3) is 0 Å². The summed E-state index contributed by atoms with van der Waals surface area (Å²) in [6.07, 6.45) is 1.12. The van der Waals surface area contributed by atoms with E-state index in [0.717, 1.165) is 17.5 Å². The first kappa shape index (κ1) is 26.6. The number of halogens is 2. The number of hydrogen-bond donors (Lipinski definition) is 1. The lowest BCUT2D eigenvalue weighted by molar-refractivity contribution is -0.142. The van der Waals surface area contributed by atoms with Gasteiger partial charge >= 0.3 is 0 Å². The second kappa shape index (κ2) is 13.2. The molecule has 2 amide bonds. The Morgan fingerprint density at radius 3 is 2.31 bits per heavy atom. The van der Waals surface area contributed by atoms with E-state index < -0.39 is 6.04 Å². The second-order valence-electron chi connectivity index (χ2n) is 8.32. The Labute approximate surface area is 217 Å². The number of carbonyl (C=O) groups is 2. The maximum absolute atomic E-state index is 13.6. The summed E-state index contributed by atoms with van der Waals surface area (Å²) in [5.74, 6) is 0.0157. The minimum Gasteiger partial charge on any atom is -0.484 e. The lowest BCUT2D eigenvalue weighted by atomic mass is 10.0. The molecule has 3 aromatic rings. The van der Waals surface area contributed by atoms with Gasteiger partial charge in [-0.3, -0.25) is 9.59 Å². The number of rotatable bonds is 11. The van der Waals surface area contributed by atoms with Crippen LogP contribution in [-0.4, -0.2) is 35.9 Å². The molecule has 0 saturated carbocycles. The number of nitrogens with one attached hydrogen (secondary N) is 1. The smallest absolute Gasteiger partial charge is 0.261 e. The van der Waals surface area contributed by atoms with Gasteiger partial charge in [-0.15, -0.1) is 0 Å². The maximum atomic E-state index is 13.6. The fourth-order valence-corrected chi connectivity index (χ4v) is 4.22. The van der Waals surface area contributed by atoms with E-state index in [-0.39, 0.29) is 25.0 Å². The molecule has 0 aliphatic rings. The zero-order valence-electron chi connectivity index (χ0n) is 20.0. The molecule has 0 aliphatic carbocycles. The number of benzene rings is 3. The number of carbonyl (C=O) groups excluding carboxylic acids is 2. The van der Waals surface area contributed by atoms with E-state index in [1.807, 2.05) is 62.4 Å². The lowest BCUT2D eigenvalue weighted by Gasteiger charge is -2.32. The molecule has 0 radical (unpaired) electrons. The van der Waals surface area contributed by atoms with Gasteiger partial charge in [0.2, 0.25) is 5.91 Å². The molecule has 5 nitrogen and oxygen atoms in total. The zero-order chi connectivity index (χ0) is 25.2. The predicted octanol–water partition coefficient (Wildman–Crippen LogP) is 5.85.